The van der Waals surface area contributed by atoms with E-state index < -0.39 is 9.84 Å². The van der Waals surface area contributed by atoms with Gasteiger partial charge in [-0.05, 0) is 38.0 Å². The molecule has 7 heteroatoms. The van der Waals surface area contributed by atoms with Gasteiger partial charge in [0.2, 0.25) is 0 Å². The monoisotopic (exact) mass is 347 g/mol. The Balaban J connectivity index is 2.00. The Labute approximate surface area is 141 Å². The van der Waals surface area contributed by atoms with Crippen LogP contribution >= 0.6 is 0 Å². The normalized spacial score (nSPS) is 18.6. The number of nitrogens with one attached hydrogen (secondary N) is 1. The van der Waals surface area contributed by atoms with Gasteiger partial charge in [-0.1, -0.05) is 0 Å². The number of carbonyl (C=O) groups excluding carboxylic acids is 1. The molecule has 2 aromatic rings. The van der Waals surface area contributed by atoms with Crippen molar-refractivity contribution < 1.29 is 13.2 Å². The van der Waals surface area contributed by atoms with Crippen LogP contribution in [0.4, 0.5) is 5.69 Å². The molecule has 0 amide bonds. The number of imidazole rings is 1. The standard InChI is InChI=1S/C17H21N3O3S/c1-12(21)13-5-6-16(24(2,22)23)15(10-13)20-9-3-4-14(11-20)17-18-7-8-19-17/h5-8,10,14H,3-4,9,11H2,1-2H3,(H,18,19). The minimum absolute atomic E-state index is 0.0732. The van der Waals surface area contributed by atoms with Crippen molar-refractivity contribution in [2.45, 2.75) is 30.6 Å². The fourth-order valence-electron chi connectivity index (χ4n) is 3.22. The fourth-order valence-corrected chi connectivity index (χ4v) is 4.10. The molecule has 1 unspecified atom stereocenters. The summed E-state index contributed by atoms with van der Waals surface area (Å²) >= 11 is 0. The number of sulfone groups is 1. The Hall–Kier alpha value is -2.15. The summed E-state index contributed by atoms with van der Waals surface area (Å²) in [6.45, 7) is 2.93. The molecule has 128 valence electrons. The van der Waals surface area contributed by atoms with E-state index in [1.54, 1.807) is 24.5 Å². The Kier molecular flexibility index (Phi) is 4.45. The van der Waals surface area contributed by atoms with Gasteiger partial charge < -0.3 is 9.88 Å². The average molecular weight is 347 g/mol. The van der Waals surface area contributed by atoms with E-state index in [9.17, 15) is 13.2 Å². The van der Waals surface area contributed by atoms with Crippen molar-refractivity contribution in [1.82, 2.24) is 9.97 Å². The average Bonchev–Trinajstić information content (AvgIpc) is 3.08. The number of nitrogens with zero attached hydrogens (tertiary/aromatic N) is 2. The van der Waals surface area contributed by atoms with Crippen LogP contribution in [0.2, 0.25) is 0 Å². The van der Waals surface area contributed by atoms with Gasteiger partial charge in [0.1, 0.15) is 5.82 Å². The van der Waals surface area contributed by atoms with E-state index in [1.807, 2.05) is 0 Å². The quantitative estimate of drug-likeness (QED) is 0.859. The van der Waals surface area contributed by atoms with Crippen LogP contribution in [0.3, 0.4) is 0 Å². The van der Waals surface area contributed by atoms with Crippen molar-refractivity contribution in [3.05, 3.63) is 42.0 Å². The van der Waals surface area contributed by atoms with Gasteiger partial charge in [0.25, 0.3) is 0 Å². The van der Waals surface area contributed by atoms with E-state index in [-0.39, 0.29) is 16.6 Å². The first-order chi connectivity index (χ1) is 11.4. The zero-order chi connectivity index (χ0) is 17.3. The molecule has 3 rings (SSSR count). The second-order valence-electron chi connectivity index (χ2n) is 6.27. The molecule has 0 spiro atoms. The van der Waals surface area contributed by atoms with E-state index in [2.05, 4.69) is 14.9 Å². The minimum atomic E-state index is -3.37. The number of hydrogen-bond acceptors (Lipinski definition) is 5. The van der Waals surface area contributed by atoms with E-state index in [0.29, 0.717) is 17.8 Å². The maximum absolute atomic E-state index is 12.2. The third kappa shape index (κ3) is 3.36. The number of aromatic amines is 1. The van der Waals surface area contributed by atoms with Crippen LogP contribution in [-0.4, -0.2) is 43.5 Å². The molecule has 1 aliphatic heterocycles. The molecule has 1 saturated heterocycles. The molecule has 2 heterocycles. The Bertz CT molecular complexity index is 844. The summed E-state index contributed by atoms with van der Waals surface area (Å²) in [5.74, 6) is 1.07. The molecule has 1 atom stereocenters. The molecule has 0 radical (unpaired) electrons. The van der Waals surface area contributed by atoms with Crippen molar-refractivity contribution in [3.8, 4) is 0 Å². The maximum Gasteiger partial charge on any atom is 0.177 e. The lowest BCUT2D eigenvalue weighted by Crippen LogP contribution is -2.35. The third-order valence-electron chi connectivity index (χ3n) is 4.43. The molecule has 1 aromatic heterocycles. The van der Waals surface area contributed by atoms with Crippen molar-refractivity contribution in [1.29, 1.82) is 0 Å². The topological polar surface area (TPSA) is 83.1 Å². The Morgan fingerprint density at radius 2 is 2.17 bits per heavy atom. The first-order valence-electron chi connectivity index (χ1n) is 7.95. The van der Waals surface area contributed by atoms with Gasteiger partial charge in [0, 0.05) is 43.2 Å². The summed E-state index contributed by atoms with van der Waals surface area (Å²) in [5, 5.41) is 0. The first kappa shape index (κ1) is 16.7. The zero-order valence-electron chi connectivity index (χ0n) is 13.8. The number of anilines is 1. The van der Waals surface area contributed by atoms with E-state index in [4.69, 9.17) is 0 Å². The third-order valence-corrected chi connectivity index (χ3v) is 5.58. The number of Topliss-reactive ketones (excluding diaryl/α,β-unsaturated/α-hetero) is 1. The zero-order valence-corrected chi connectivity index (χ0v) is 14.6. The molecule has 6 nitrogen and oxygen atoms in total. The lowest BCUT2D eigenvalue weighted by molar-refractivity contribution is 0.101. The second-order valence-corrected chi connectivity index (χ2v) is 8.25. The number of piperidine rings is 1. The molecule has 24 heavy (non-hydrogen) atoms. The highest BCUT2D eigenvalue weighted by molar-refractivity contribution is 7.90. The summed E-state index contributed by atoms with van der Waals surface area (Å²) in [7, 11) is -3.37. The summed E-state index contributed by atoms with van der Waals surface area (Å²) in [4.78, 5) is 21.5. The largest absolute Gasteiger partial charge is 0.370 e. The highest BCUT2D eigenvalue weighted by atomic mass is 32.2. The van der Waals surface area contributed by atoms with Gasteiger partial charge in [-0.15, -0.1) is 0 Å². The highest BCUT2D eigenvalue weighted by Gasteiger charge is 2.27. The van der Waals surface area contributed by atoms with Crippen LogP contribution in [0.15, 0.2) is 35.5 Å². The van der Waals surface area contributed by atoms with E-state index in [0.717, 1.165) is 25.2 Å². The van der Waals surface area contributed by atoms with Crippen molar-refractivity contribution in [2.24, 2.45) is 0 Å². The van der Waals surface area contributed by atoms with Gasteiger partial charge in [-0.2, -0.15) is 0 Å². The molecule has 0 saturated carbocycles. The maximum atomic E-state index is 12.2. The minimum Gasteiger partial charge on any atom is -0.370 e. The predicted molar refractivity (Wildman–Crippen MR) is 92.3 cm³/mol. The molecule has 1 aromatic carbocycles. The summed E-state index contributed by atoms with van der Waals surface area (Å²) in [5.41, 5.74) is 1.14. The van der Waals surface area contributed by atoms with Crippen LogP contribution in [0.1, 0.15) is 41.9 Å². The van der Waals surface area contributed by atoms with Crippen LogP contribution in [0.5, 0.6) is 0 Å². The van der Waals surface area contributed by atoms with Crippen LogP contribution < -0.4 is 4.90 Å². The molecule has 1 aliphatic rings. The Morgan fingerprint density at radius 3 is 2.79 bits per heavy atom. The molecule has 1 fully saturated rings. The first-order valence-corrected chi connectivity index (χ1v) is 9.84. The van der Waals surface area contributed by atoms with Crippen LogP contribution in [-0.2, 0) is 9.84 Å². The van der Waals surface area contributed by atoms with Crippen LogP contribution in [0.25, 0.3) is 0 Å². The predicted octanol–water partition coefficient (Wildman–Crippen LogP) is 2.40. The van der Waals surface area contributed by atoms with E-state index in [1.165, 1.54) is 19.2 Å². The van der Waals surface area contributed by atoms with Gasteiger partial charge >= 0.3 is 0 Å². The highest BCUT2D eigenvalue weighted by Crippen LogP contribution is 2.33. The number of ketones is 1. The van der Waals surface area contributed by atoms with Crippen LogP contribution in [0, 0.1) is 0 Å². The smallest absolute Gasteiger partial charge is 0.177 e. The summed E-state index contributed by atoms with van der Waals surface area (Å²) < 4.78 is 24.3. The lowest BCUT2D eigenvalue weighted by atomic mass is 9.96. The molecule has 1 N–H and O–H groups in total. The van der Waals surface area contributed by atoms with Crippen molar-refractivity contribution in [3.63, 3.8) is 0 Å². The number of carbonyl (C=O) groups is 1. The number of rotatable bonds is 4. The molecule has 0 bridgehead atoms. The van der Waals surface area contributed by atoms with Gasteiger partial charge in [-0.25, -0.2) is 13.4 Å². The number of hydrogen-bond donors (Lipinski definition) is 1. The lowest BCUT2D eigenvalue weighted by Gasteiger charge is -2.34. The summed E-state index contributed by atoms with van der Waals surface area (Å²) in [6.07, 6.45) is 6.68. The number of benzene rings is 1. The molecular formula is C17H21N3O3S. The molecule has 0 aliphatic carbocycles. The van der Waals surface area contributed by atoms with Gasteiger partial charge in [-0.3, -0.25) is 4.79 Å². The summed E-state index contributed by atoms with van der Waals surface area (Å²) in [6, 6.07) is 4.82. The second kappa shape index (κ2) is 6.39. The van der Waals surface area contributed by atoms with Crippen molar-refractivity contribution in [2.75, 3.05) is 24.2 Å². The number of H-pyrrole nitrogens is 1. The molecular weight excluding hydrogens is 326 g/mol. The fraction of sp³-hybridized carbons (Fsp3) is 0.412. The van der Waals surface area contributed by atoms with Gasteiger partial charge in [0.15, 0.2) is 15.6 Å². The van der Waals surface area contributed by atoms with Crippen molar-refractivity contribution >= 4 is 21.3 Å². The van der Waals surface area contributed by atoms with E-state index >= 15 is 0 Å². The SMILES string of the molecule is CC(=O)c1ccc(S(C)(=O)=O)c(N2CCCC(c3ncc[nH]3)C2)c1. The number of aromatic nitrogens is 2. The Morgan fingerprint density at radius 1 is 1.38 bits per heavy atom. The van der Waals surface area contributed by atoms with Gasteiger partial charge in [0.05, 0.1) is 10.6 Å².